The summed E-state index contributed by atoms with van der Waals surface area (Å²) in [4.78, 5) is 28.0. The van der Waals surface area contributed by atoms with Crippen LogP contribution in [0.2, 0.25) is 18.1 Å². The van der Waals surface area contributed by atoms with Crippen molar-refractivity contribution in [1.29, 1.82) is 0 Å². The van der Waals surface area contributed by atoms with Crippen LogP contribution in [0.5, 0.6) is 0 Å². The first-order valence-corrected chi connectivity index (χ1v) is 17.6. The lowest BCUT2D eigenvalue weighted by atomic mass is 10.0. The summed E-state index contributed by atoms with van der Waals surface area (Å²) in [5.41, 5.74) is 2.04. The second-order valence-electron chi connectivity index (χ2n) is 11.6. The highest BCUT2D eigenvalue weighted by atomic mass is 32.1. The van der Waals surface area contributed by atoms with Crippen LogP contribution >= 0.6 is 11.3 Å². The predicted octanol–water partition coefficient (Wildman–Crippen LogP) is 7.89. The molecular weight excluding hydrogens is 514 g/mol. The topological polar surface area (TPSA) is 65.1 Å². The highest BCUT2D eigenvalue weighted by Crippen LogP contribution is 2.41. The average molecular weight is 560 g/mol. The summed E-state index contributed by atoms with van der Waals surface area (Å²) >= 11 is 1.46. The van der Waals surface area contributed by atoms with Crippen LogP contribution in [0.25, 0.3) is 0 Å². The third-order valence-corrected chi connectivity index (χ3v) is 13.3. The van der Waals surface area contributed by atoms with Gasteiger partial charge in [-0.2, -0.15) is 0 Å². The van der Waals surface area contributed by atoms with Gasteiger partial charge in [-0.3, -0.25) is 9.69 Å². The summed E-state index contributed by atoms with van der Waals surface area (Å²) in [6.45, 7) is 13.8. The molecule has 1 fully saturated rings. The van der Waals surface area contributed by atoms with Crippen molar-refractivity contribution < 1.29 is 23.5 Å². The maximum atomic E-state index is 12.8. The van der Waals surface area contributed by atoms with E-state index in [0.717, 1.165) is 42.7 Å². The molecule has 1 unspecified atom stereocenters. The standard InChI is InChI=1S/C30H45NO5SSi/c1-8-9-10-13-25(36-38(6,7)30(2,3)4)22-15-17-23(18-16-22)31-27(32)21-35-28(31)14-11-12-24-19-20-26(37-24)29(33)34-5/h15-20,25,28H,8-14,21H2,1-7H3/t25-,28?/m0/s1. The molecule has 0 radical (unpaired) electrons. The molecule has 210 valence electrons. The van der Waals surface area contributed by atoms with Crippen molar-refractivity contribution in [2.24, 2.45) is 0 Å². The lowest BCUT2D eigenvalue weighted by Gasteiger charge is -2.39. The zero-order valence-corrected chi connectivity index (χ0v) is 26.0. The van der Waals surface area contributed by atoms with Gasteiger partial charge in [0.15, 0.2) is 8.32 Å². The highest BCUT2D eigenvalue weighted by molar-refractivity contribution is 7.13. The monoisotopic (exact) mass is 559 g/mol. The van der Waals surface area contributed by atoms with Crippen molar-refractivity contribution in [2.45, 2.75) is 103 Å². The largest absolute Gasteiger partial charge is 0.465 e. The Bertz CT molecular complexity index is 1060. The van der Waals surface area contributed by atoms with E-state index in [-0.39, 0.29) is 35.9 Å². The zero-order valence-electron chi connectivity index (χ0n) is 24.2. The summed E-state index contributed by atoms with van der Waals surface area (Å²) in [5, 5.41) is 0.145. The molecule has 8 heteroatoms. The van der Waals surface area contributed by atoms with Crippen molar-refractivity contribution in [3.63, 3.8) is 0 Å². The number of hydrogen-bond acceptors (Lipinski definition) is 6. The summed E-state index contributed by atoms with van der Waals surface area (Å²) in [7, 11) is -0.537. The van der Waals surface area contributed by atoms with E-state index in [2.05, 4.69) is 52.9 Å². The number of carbonyl (C=O) groups is 2. The summed E-state index contributed by atoms with van der Waals surface area (Å²) in [6, 6.07) is 12.1. The normalized spacial score (nSPS) is 17.2. The number of ether oxygens (including phenoxy) is 2. The number of benzene rings is 1. The van der Waals surface area contributed by atoms with Gasteiger partial charge >= 0.3 is 5.97 Å². The molecular formula is C30H45NO5SSi. The molecule has 2 heterocycles. The molecule has 1 saturated heterocycles. The minimum absolute atomic E-state index is 0.0103. The lowest BCUT2D eigenvalue weighted by Crippen LogP contribution is -2.41. The summed E-state index contributed by atoms with van der Waals surface area (Å²) in [6.07, 6.45) is 6.73. The molecule has 1 aliphatic rings. The first-order valence-electron chi connectivity index (χ1n) is 13.8. The van der Waals surface area contributed by atoms with E-state index in [4.69, 9.17) is 13.9 Å². The number of anilines is 1. The van der Waals surface area contributed by atoms with Gasteiger partial charge in [0.2, 0.25) is 0 Å². The Hall–Kier alpha value is -2.00. The number of aryl methyl sites for hydroxylation is 1. The smallest absolute Gasteiger partial charge is 0.348 e. The van der Waals surface area contributed by atoms with E-state index < -0.39 is 8.32 Å². The molecule has 2 atom stereocenters. The number of rotatable bonds is 13. The molecule has 3 rings (SSSR count). The number of methoxy groups -OCH3 is 1. The minimum atomic E-state index is -1.93. The third-order valence-electron chi connectivity index (χ3n) is 7.73. The van der Waals surface area contributed by atoms with Crippen LogP contribution in [0.15, 0.2) is 36.4 Å². The van der Waals surface area contributed by atoms with Gasteiger partial charge in [-0.25, -0.2) is 4.79 Å². The fourth-order valence-corrected chi connectivity index (χ4v) is 6.71. The SMILES string of the molecule is CCCCC[C@H](O[Si](C)(C)C(C)(C)C)c1ccc(N2C(=O)COC2CCCc2ccc(C(=O)OC)s2)cc1. The quantitative estimate of drug-likeness (QED) is 0.142. The second-order valence-corrected chi connectivity index (χ2v) is 17.6. The number of carbonyl (C=O) groups excluding carboxylic acids is 2. The summed E-state index contributed by atoms with van der Waals surface area (Å²) < 4.78 is 17.5. The van der Waals surface area contributed by atoms with Gasteiger partial charge in [-0.1, -0.05) is 59.1 Å². The first-order chi connectivity index (χ1) is 18.0. The fourth-order valence-electron chi connectivity index (χ4n) is 4.42. The van der Waals surface area contributed by atoms with Crippen LogP contribution in [0.3, 0.4) is 0 Å². The minimum Gasteiger partial charge on any atom is -0.465 e. The highest BCUT2D eigenvalue weighted by Gasteiger charge is 2.39. The van der Waals surface area contributed by atoms with E-state index in [1.165, 1.54) is 36.9 Å². The van der Waals surface area contributed by atoms with E-state index in [9.17, 15) is 9.59 Å². The van der Waals surface area contributed by atoms with Gasteiger partial charge in [-0.05, 0) is 73.6 Å². The van der Waals surface area contributed by atoms with Crippen LogP contribution in [-0.2, 0) is 25.1 Å². The fraction of sp³-hybridized carbons (Fsp3) is 0.600. The van der Waals surface area contributed by atoms with Crippen molar-refractivity contribution in [2.75, 3.05) is 18.6 Å². The Morgan fingerprint density at radius 3 is 2.47 bits per heavy atom. The number of nitrogens with zero attached hydrogens (tertiary/aromatic N) is 1. The van der Waals surface area contributed by atoms with Crippen LogP contribution in [0.4, 0.5) is 5.69 Å². The number of amides is 1. The molecule has 1 aromatic heterocycles. The van der Waals surface area contributed by atoms with E-state index in [1.807, 2.05) is 18.2 Å². The molecule has 38 heavy (non-hydrogen) atoms. The Balaban J connectivity index is 1.67. The lowest BCUT2D eigenvalue weighted by molar-refractivity contribution is -0.117. The third kappa shape index (κ3) is 7.78. The molecule has 0 aliphatic carbocycles. The van der Waals surface area contributed by atoms with Crippen LogP contribution < -0.4 is 4.90 Å². The number of hydrogen-bond donors (Lipinski definition) is 0. The van der Waals surface area contributed by atoms with Gasteiger partial charge in [0, 0.05) is 10.6 Å². The number of esters is 1. The Morgan fingerprint density at radius 1 is 1.13 bits per heavy atom. The van der Waals surface area contributed by atoms with Gasteiger partial charge < -0.3 is 13.9 Å². The molecule has 0 saturated carbocycles. The van der Waals surface area contributed by atoms with Gasteiger partial charge in [0.1, 0.15) is 17.7 Å². The van der Waals surface area contributed by atoms with E-state index in [0.29, 0.717) is 4.88 Å². The van der Waals surface area contributed by atoms with Crippen molar-refractivity contribution >= 4 is 37.2 Å². The first kappa shape index (κ1) is 30.5. The Morgan fingerprint density at radius 2 is 1.84 bits per heavy atom. The Kier molecular flexibility index (Phi) is 10.7. The zero-order chi connectivity index (χ0) is 27.9. The number of unbranched alkanes of at least 4 members (excludes halogenated alkanes) is 2. The predicted molar refractivity (Wildman–Crippen MR) is 157 cm³/mol. The maximum absolute atomic E-state index is 12.8. The van der Waals surface area contributed by atoms with Crippen molar-refractivity contribution in [3.8, 4) is 0 Å². The van der Waals surface area contributed by atoms with Gasteiger partial charge in [-0.15, -0.1) is 11.3 Å². The molecule has 0 bridgehead atoms. The molecule has 6 nitrogen and oxygen atoms in total. The molecule has 1 aromatic carbocycles. The van der Waals surface area contributed by atoms with Gasteiger partial charge in [0.05, 0.1) is 13.2 Å². The number of thiophene rings is 1. The van der Waals surface area contributed by atoms with E-state index in [1.54, 1.807) is 11.0 Å². The van der Waals surface area contributed by atoms with Gasteiger partial charge in [0.25, 0.3) is 5.91 Å². The molecule has 1 aliphatic heterocycles. The van der Waals surface area contributed by atoms with Crippen LogP contribution in [-0.4, -0.2) is 40.1 Å². The summed E-state index contributed by atoms with van der Waals surface area (Å²) in [5.74, 6) is -0.313. The van der Waals surface area contributed by atoms with Crippen LogP contribution in [0, 0.1) is 0 Å². The van der Waals surface area contributed by atoms with Crippen LogP contribution in [0.1, 0.15) is 92.4 Å². The van der Waals surface area contributed by atoms with Crippen molar-refractivity contribution in [1.82, 2.24) is 0 Å². The van der Waals surface area contributed by atoms with Crippen molar-refractivity contribution in [3.05, 3.63) is 51.7 Å². The maximum Gasteiger partial charge on any atom is 0.348 e. The molecule has 2 aromatic rings. The van der Waals surface area contributed by atoms with E-state index >= 15 is 0 Å². The molecule has 1 amide bonds. The molecule has 0 spiro atoms. The molecule has 0 N–H and O–H groups in total. The average Bonchev–Trinajstić information content (AvgIpc) is 3.49. The second kappa shape index (κ2) is 13.4. The Labute approximate surface area is 233 Å².